The minimum Gasteiger partial charge on any atom is -0.388 e. The van der Waals surface area contributed by atoms with E-state index in [1.165, 1.54) is 12.8 Å². The number of aliphatic hydroxyl groups is 1. The summed E-state index contributed by atoms with van der Waals surface area (Å²) in [6.07, 6.45) is 7.53. The Bertz CT molecular complexity index is 574. The number of carbonyl (C=O) groups excluding carboxylic acids is 1. The van der Waals surface area contributed by atoms with Gasteiger partial charge in [-0.3, -0.25) is 9.69 Å². The molecule has 1 saturated carbocycles. The average molecular weight is 349 g/mol. The van der Waals surface area contributed by atoms with Crippen LogP contribution in [0.15, 0.2) is 0 Å². The summed E-state index contributed by atoms with van der Waals surface area (Å²) >= 11 is 0. The monoisotopic (exact) mass is 349 g/mol. The number of amides is 1. The molecular formula is C18H31N5O2. The number of piperidine rings is 1. The number of likely N-dealkylation sites (tertiary alicyclic amines) is 1. The van der Waals surface area contributed by atoms with Crippen LogP contribution in [0.3, 0.4) is 0 Å². The van der Waals surface area contributed by atoms with E-state index in [1.807, 2.05) is 11.6 Å². The van der Waals surface area contributed by atoms with Crippen molar-refractivity contribution in [1.29, 1.82) is 0 Å². The molecule has 1 saturated heterocycles. The Morgan fingerprint density at radius 1 is 1.24 bits per heavy atom. The fourth-order valence-electron chi connectivity index (χ4n) is 4.31. The van der Waals surface area contributed by atoms with E-state index < -0.39 is 0 Å². The third-order valence-electron chi connectivity index (χ3n) is 5.87. The highest BCUT2D eigenvalue weighted by Crippen LogP contribution is 2.28. The first-order valence-corrected chi connectivity index (χ1v) is 9.67. The summed E-state index contributed by atoms with van der Waals surface area (Å²) in [5.74, 6) is 2.12. The van der Waals surface area contributed by atoms with Gasteiger partial charge < -0.3 is 15.0 Å². The number of nitrogens with zero attached hydrogens (tertiary/aromatic N) is 4. The normalized spacial score (nSPS) is 21.6. The molecule has 1 aromatic rings. The predicted molar refractivity (Wildman–Crippen MR) is 95.0 cm³/mol. The van der Waals surface area contributed by atoms with Gasteiger partial charge in [-0.2, -0.15) is 0 Å². The zero-order valence-corrected chi connectivity index (χ0v) is 15.4. The molecule has 1 aliphatic heterocycles. The molecule has 2 fully saturated rings. The second-order valence-electron chi connectivity index (χ2n) is 7.42. The van der Waals surface area contributed by atoms with E-state index in [0.717, 1.165) is 51.0 Å². The number of aliphatic hydroxyl groups excluding tert-OH is 1. The first-order valence-electron chi connectivity index (χ1n) is 9.67. The Balaban J connectivity index is 1.56. The van der Waals surface area contributed by atoms with Crippen LogP contribution in [-0.4, -0.2) is 55.9 Å². The Morgan fingerprint density at radius 2 is 1.92 bits per heavy atom. The quantitative estimate of drug-likeness (QED) is 0.809. The summed E-state index contributed by atoms with van der Waals surface area (Å²) in [6.45, 7) is 3.83. The predicted octanol–water partition coefficient (Wildman–Crippen LogP) is 1.32. The van der Waals surface area contributed by atoms with Crippen LogP contribution in [-0.2, 0) is 18.4 Å². The lowest BCUT2D eigenvalue weighted by Crippen LogP contribution is -2.51. The smallest absolute Gasteiger partial charge is 0.237 e. The van der Waals surface area contributed by atoms with Gasteiger partial charge >= 0.3 is 0 Å². The molecule has 3 rings (SSSR count). The van der Waals surface area contributed by atoms with Crippen molar-refractivity contribution < 1.29 is 9.90 Å². The molecule has 7 heteroatoms. The maximum Gasteiger partial charge on any atom is 0.237 e. The lowest BCUT2D eigenvalue weighted by molar-refractivity contribution is -0.127. The van der Waals surface area contributed by atoms with Crippen LogP contribution in [0.2, 0.25) is 0 Å². The van der Waals surface area contributed by atoms with Crippen molar-refractivity contribution in [2.75, 3.05) is 13.1 Å². The summed E-state index contributed by atoms with van der Waals surface area (Å²) in [4.78, 5) is 15.0. The maximum atomic E-state index is 12.7. The van der Waals surface area contributed by atoms with Crippen molar-refractivity contribution in [3.8, 4) is 0 Å². The minimum atomic E-state index is -0.0818. The molecule has 7 nitrogen and oxygen atoms in total. The van der Waals surface area contributed by atoms with Crippen LogP contribution >= 0.6 is 0 Å². The largest absolute Gasteiger partial charge is 0.388 e. The van der Waals surface area contributed by atoms with Crippen molar-refractivity contribution in [3.63, 3.8) is 0 Å². The lowest BCUT2D eigenvalue weighted by atomic mass is 9.94. The van der Waals surface area contributed by atoms with Gasteiger partial charge in [-0.1, -0.05) is 19.8 Å². The number of rotatable bonds is 6. The van der Waals surface area contributed by atoms with Crippen LogP contribution in [0.1, 0.15) is 69.4 Å². The Labute approximate surface area is 149 Å². The summed E-state index contributed by atoms with van der Waals surface area (Å²) in [5, 5.41) is 20.8. The molecule has 1 aromatic heterocycles. The van der Waals surface area contributed by atoms with Crippen molar-refractivity contribution >= 4 is 5.91 Å². The third kappa shape index (κ3) is 4.03. The molecular weight excluding hydrogens is 318 g/mol. The SMILES string of the molecule is CCC(C(=O)NC1CCCC1)N1CCC(c2nnc(CO)n2C)CC1. The molecule has 0 aromatic carbocycles. The maximum absolute atomic E-state index is 12.7. The number of aromatic nitrogens is 3. The summed E-state index contributed by atoms with van der Waals surface area (Å²) < 4.78 is 1.91. The minimum absolute atomic E-state index is 0.0194. The Kier molecular flexibility index (Phi) is 6.06. The zero-order valence-electron chi connectivity index (χ0n) is 15.4. The van der Waals surface area contributed by atoms with Crippen LogP contribution in [0.25, 0.3) is 0 Å². The van der Waals surface area contributed by atoms with Gasteiger partial charge in [0.25, 0.3) is 0 Å². The van der Waals surface area contributed by atoms with Gasteiger partial charge in [-0.15, -0.1) is 10.2 Å². The molecule has 2 N–H and O–H groups in total. The van der Waals surface area contributed by atoms with Gasteiger partial charge in [-0.25, -0.2) is 0 Å². The first kappa shape index (κ1) is 18.3. The molecule has 0 bridgehead atoms. The molecule has 25 heavy (non-hydrogen) atoms. The lowest BCUT2D eigenvalue weighted by Gasteiger charge is -2.36. The summed E-state index contributed by atoms with van der Waals surface area (Å²) in [7, 11) is 1.91. The fraction of sp³-hybridized carbons (Fsp3) is 0.833. The number of carbonyl (C=O) groups is 1. The number of nitrogens with one attached hydrogen (secondary N) is 1. The summed E-state index contributed by atoms with van der Waals surface area (Å²) in [6, 6.07) is 0.365. The fourth-order valence-corrected chi connectivity index (χ4v) is 4.31. The van der Waals surface area contributed by atoms with E-state index in [1.54, 1.807) is 0 Å². The van der Waals surface area contributed by atoms with Gasteiger partial charge in [0.05, 0.1) is 6.04 Å². The van der Waals surface area contributed by atoms with E-state index >= 15 is 0 Å². The highest BCUT2D eigenvalue weighted by Gasteiger charge is 2.32. The Hall–Kier alpha value is -1.47. The van der Waals surface area contributed by atoms with Crippen molar-refractivity contribution in [2.24, 2.45) is 7.05 Å². The zero-order chi connectivity index (χ0) is 17.8. The van der Waals surface area contributed by atoms with E-state index in [9.17, 15) is 9.90 Å². The highest BCUT2D eigenvalue weighted by molar-refractivity contribution is 5.82. The van der Waals surface area contributed by atoms with Crippen LogP contribution in [0, 0.1) is 0 Å². The molecule has 2 heterocycles. The van der Waals surface area contributed by atoms with Crippen LogP contribution in [0.5, 0.6) is 0 Å². The standard InChI is InChI=1S/C18H31N5O2/c1-3-15(18(25)19-14-6-4-5-7-14)23-10-8-13(9-11-23)17-21-20-16(12-24)22(17)2/h13-15,24H,3-12H2,1-2H3,(H,19,25). The highest BCUT2D eigenvalue weighted by atomic mass is 16.3. The summed E-state index contributed by atoms with van der Waals surface area (Å²) in [5.41, 5.74) is 0. The van der Waals surface area contributed by atoms with Crippen LogP contribution in [0.4, 0.5) is 0 Å². The van der Waals surface area contributed by atoms with E-state index in [0.29, 0.717) is 17.8 Å². The molecule has 2 aliphatic rings. The van der Waals surface area contributed by atoms with Crippen molar-refractivity contribution in [2.45, 2.75) is 76.5 Å². The van der Waals surface area contributed by atoms with Gasteiger partial charge in [0.2, 0.25) is 5.91 Å². The van der Waals surface area contributed by atoms with Gasteiger partial charge in [0.15, 0.2) is 5.82 Å². The second-order valence-corrected chi connectivity index (χ2v) is 7.42. The van der Waals surface area contributed by atoms with Crippen LogP contribution < -0.4 is 5.32 Å². The Morgan fingerprint density at radius 3 is 2.48 bits per heavy atom. The molecule has 1 amide bonds. The number of hydrogen-bond donors (Lipinski definition) is 2. The molecule has 1 unspecified atom stereocenters. The van der Waals surface area contributed by atoms with Gasteiger partial charge in [-0.05, 0) is 45.2 Å². The molecule has 1 aliphatic carbocycles. The molecule has 1 atom stereocenters. The topological polar surface area (TPSA) is 83.3 Å². The number of hydrogen-bond acceptors (Lipinski definition) is 5. The molecule has 0 spiro atoms. The van der Waals surface area contributed by atoms with Crippen molar-refractivity contribution in [1.82, 2.24) is 25.0 Å². The second kappa shape index (κ2) is 8.27. The van der Waals surface area contributed by atoms with Gasteiger partial charge in [0, 0.05) is 19.0 Å². The van der Waals surface area contributed by atoms with E-state index in [2.05, 4.69) is 27.3 Å². The van der Waals surface area contributed by atoms with Crippen molar-refractivity contribution in [3.05, 3.63) is 11.6 Å². The van der Waals surface area contributed by atoms with E-state index in [4.69, 9.17) is 0 Å². The first-order chi connectivity index (χ1) is 12.1. The molecule has 0 radical (unpaired) electrons. The average Bonchev–Trinajstić information content (AvgIpc) is 3.25. The van der Waals surface area contributed by atoms with Gasteiger partial charge in [0.1, 0.15) is 12.4 Å². The third-order valence-corrected chi connectivity index (χ3v) is 5.87. The molecule has 140 valence electrons. The van der Waals surface area contributed by atoms with E-state index in [-0.39, 0.29) is 18.6 Å².